The maximum Gasteiger partial charge on any atom is 0.407 e. The van der Waals surface area contributed by atoms with Crippen LogP contribution in [0.1, 0.15) is 22.7 Å². The molecule has 5 aromatic rings. The smallest absolute Gasteiger partial charge is 0.407 e. The second-order valence-electron chi connectivity index (χ2n) is 9.97. The van der Waals surface area contributed by atoms with Crippen LogP contribution in [0.15, 0.2) is 97.1 Å². The zero-order valence-electron chi connectivity index (χ0n) is 21.8. The quantitative estimate of drug-likeness (QED) is 0.249. The number of carboxylic acids is 1. The van der Waals surface area contributed by atoms with Crippen LogP contribution in [-0.4, -0.2) is 34.4 Å². The first-order valence-corrected chi connectivity index (χ1v) is 13.1. The van der Waals surface area contributed by atoms with E-state index < -0.39 is 18.1 Å². The summed E-state index contributed by atoms with van der Waals surface area (Å²) in [7, 11) is 1.86. The number of nitrogens with zero attached hydrogens (tertiary/aromatic N) is 1. The lowest BCUT2D eigenvalue weighted by Gasteiger charge is -2.18. The Morgan fingerprint density at radius 2 is 1.50 bits per heavy atom. The van der Waals surface area contributed by atoms with Gasteiger partial charge in [-0.15, -0.1) is 0 Å². The number of para-hydroxylation sites is 1. The molecule has 1 unspecified atom stereocenters. The fraction of sp³-hybridized carbons (Fsp3) is 0.152. The number of nitrogens with one attached hydrogen (secondary N) is 1. The number of alkyl carbamates (subject to hydrolysis) is 1. The van der Waals surface area contributed by atoms with Crippen molar-refractivity contribution in [2.45, 2.75) is 18.4 Å². The summed E-state index contributed by atoms with van der Waals surface area (Å²) in [6.07, 6.45) is -0.784. The number of halogens is 1. The van der Waals surface area contributed by atoms with Gasteiger partial charge in [0.2, 0.25) is 0 Å². The number of carbonyl (C=O) groups is 2. The highest BCUT2D eigenvalue weighted by Gasteiger charge is 2.30. The van der Waals surface area contributed by atoms with Gasteiger partial charge in [-0.2, -0.15) is 0 Å². The zero-order chi connectivity index (χ0) is 27.8. The predicted molar refractivity (Wildman–Crippen MR) is 152 cm³/mol. The minimum absolute atomic E-state index is 0.0113. The summed E-state index contributed by atoms with van der Waals surface area (Å²) in [5.41, 5.74) is 7.55. The van der Waals surface area contributed by atoms with Crippen LogP contribution in [0, 0.1) is 5.82 Å². The Kier molecular flexibility index (Phi) is 6.56. The van der Waals surface area contributed by atoms with E-state index in [1.165, 1.54) is 12.1 Å². The molecule has 40 heavy (non-hydrogen) atoms. The van der Waals surface area contributed by atoms with Gasteiger partial charge in [0.25, 0.3) is 0 Å². The highest BCUT2D eigenvalue weighted by molar-refractivity contribution is 5.98. The Morgan fingerprint density at radius 3 is 2.15 bits per heavy atom. The summed E-state index contributed by atoms with van der Waals surface area (Å²) < 4.78 is 21.2. The van der Waals surface area contributed by atoms with Gasteiger partial charge in [-0.25, -0.2) is 14.0 Å². The van der Waals surface area contributed by atoms with Crippen molar-refractivity contribution in [3.8, 4) is 22.3 Å². The molecule has 7 heteroatoms. The van der Waals surface area contributed by atoms with Gasteiger partial charge in [0, 0.05) is 41.5 Å². The Hall–Kier alpha value is -4.91. The Bertz CT molecular complexity index is 1700. The Balaban J connectivity index is 1.24. The van der Waals surface area contributed by atoms with Gasteiger partial charge in [-0.05, 0) is 46.0 Å². The maximum atomic E-state index is 13.7. The number of hydrogen-bond donors (Lipinski definition) is 2. The number of aromatic nitrogens is 1. The summed E-state index contributed by atoms with van der Waals surface area (Å²) in [5.74, 6) is -1.67. The maximum absolute atomic E-state index is 13.7. The predicted octanol–water partition coefficient (Wildman–Crippen LogP) is 6.52. The number of carboxylic acid groups (broad SMARTS) is 1. The largest absolute Gasteiger partial charge is 0.480 e. The standard InChI is InChI=1S/C33H27FN2O4/c1-36-29-13-7-6-12-26(29)31(20-14-16-21(34)17-15-20)30(36)18-28(32(37)38)35-33(39)40-19-27-24-10-4-2-8-22(24)23-9-3-5-11-25(23)27/h2-17,27-28H,18-19H2,1H3,(H,35,39)(H,37,38). The lowest BCUT2D eigenvalue weighted by molar-refractivity contribution is -0.139. The van der Waals surface area contributed by atoms with Crippen LogP contribution in [0.2, 0.25) is 0 Å². The third kappa shape index (κ3) is 4.49. The second kappa shape index (κ2) is 10.3. The highest BCUT2D eigenvalue weighted by atomic mass is 19.1. The average molecular weight is 535 g/mol. The van der Waals surface area contributed by atoms with Crippen molar-refractivity contribution in [2.24, 2.45) is 7.05 Å². The van der Waals surface area contributed by atoms with Gasteiger partial charge < -0.3 is 19.7 Å². The molecule has 1 heterocycles. The molecular formula is C33H27FN2O4. The molecular weight excluding hydrogens is 507 g/mol. The summed E-state index contributed by atoms with van der Waals surface area (Å²) >= 11 is 0. The molecule has 1 amide bonds. The lowest BCUT2D eigenvalue weighted by Crippen LogP contribution is -2.43. The summed E-state index contributed by atoms with van der Waals surface area (Å²) in [4.78, 5) is 25.3. The third-order valence-electron chi connectivity index (χ3n) is 7.69. The van der Waals surface area contributed by atoms with Crippen LogP contribution in [0.4, 0.5) is 9.18 Å². The average Bonchev–Trinajstić information content (AvgIpc) is 3.44. The molecule has 0 saturated carbocycles. The first-order valence-electron chi connectivity index (χ1n) is 13.1. The molecule has 0 aliphatic heterocycles. The van der Waals surface area contributed by atoms with Gasteiger partial charge >= 0.3 is 12.1 Å². The highest BCUT2D eigenvalue weighted by Crippen LogP contribution is 2.44. The molecule has 1 atom stereocenters. The molecule has 2 N–H and O–H groups in total. The third-order valence-corrected chi connectivity index (χ3v) is 7.69. The van der Waals surface area contributed by atoms with Crippen molar-refractivity contribution in [3.05, 3.63) is 120 Å². The van der Waals surface area contributed by atoms with Crippen molar-refractivity contribution in [1.29, 1.82) is 0 Å². The molecule has 1 aliphatic rings. The molecule has 6 rings (SSSR count). The number of benzene rings is 4. The van der Waals surface area contributed by atoms with Crippen LogP contribution in [-0.2, 0) is 23.0 Å². The molecule has 0 fully saturated rings. The van der Waals surface area contributed by atoms with Crippen molar-refractivity contribution in [1.82, 2.24) is 9.88 Å². The van der Waals surface area contributed by atoms with E-state index in [0.717, 1.165) is 44.3 Å². The van der Waals surface area contributed by atoms with E-state index in [0.29, 0.717) is 5.69 Å². The van der Waals surface area contributed by atoms with Crippen LogP contribution < -0.4 is 5.32 Å². The number of rotatable bonds is 7. The second-order valence-corrected chi connectivity index (χ2v) is 9.97. The van der Waals surface area contributed by atoms with E-state index in [2.05, 4.69) is 17.4 Å². The SMILES string of the molecule is Cn1c(CC(NC(=O)OCC2c3ccccc3-c3ccccc32)C(=O)O)c(-c2ccc(F)cc2)c2ccccc21. The van der Waals surface area contributed by atoms with E-state index in [9.17, 15) is 19.1 Å². The van der Waals surface area contributed by atoms with Crippen LogP contribution >= 0.6 is 0 Å². The van der Waals surface area contributed by atoms with Crippen molar-refractivity contribution in [3.63, 3.8) is 0 Å². The summed E-state index contributed by atoms with van der Waals surface area (Å²) in [6, 6.07) is 28.6. The number of aryl methyl sites for hydroxylation is 1. The van der Waals surface area contributed by atoms with E-state index in [-0.39, 0.29) is 24.8 Å². The number of hydrogen-bond acceptors (Lipinski definition) is 3. The monoisotopic (exact) mass is 534 g/mol. The van der Waals surface area contributed by atoms with Gasteiger partial charge in [-0.3, -0.25) is 0 Å². The fourth-order valence-electron chi connectivity index (χ4n) is 5.80. The molecule has 6 nitrogen and oxygen atoms in total. The normalized spacial score (nSPS) is 13.1. The van der Waals surface area contributed by atoms with Gasteiger partial charge in [0.05, 0.1) is 0 Å². The number of ether oxygens (including phenoxy) is 1. The topological polar surface area (TPSA) is 80.6 Å². The number of fused-ring (bicyclic) bond motifs is 4. The van der Waals surface area contributed by atoms with Crippen molar-refractivity contribution >= 4 is 23.0 Å². The van der Waals surface area contributed by atoms with Gasteiger partial charge in [-0.1, -0.05) is 78.9 Å². The molecule has 0 bridgehead atoms. The Morgan fingerprint density at radius 1 is 0.900 bits per heavy atom. The molecule has 0 spiro atoms. The summed E-state index contributed by atoms with van der Waals surface area (Å²) in [6.45, 7) is 0.0844. The number of carbonyl (C=O) groups excluding carboxylic acids is 1. The first kappa shape index (κ1) is 25.4. The Labute approximate surface area is 230 Å². The zero-order valence-corrected chi connectivity index (χ0v) is 21.8. The molecule has 1 aromatic heterocycles. The molecule has 0 saturated heterocycles. The van der Waals surface area contributed by atoms with Gasteiger partial charge in [0.1, 0.15) is 18.5 Å². The van der Waals surface area contributed by atoms with E-state index in [4.69, 9.17) is 4.74 Å². The van der Waals surface area contributed by atoms with Crippen LogP contribution in [0.25, 0.3) is 33.2 Å². The molecule has 4 aromatic carbocycles. The van der Waals surface area contributed by atoms with Crippen molar-refractivity contribution < 1.29 is 23.8 Å². The van der Waals surface area contributed by atoms with Crippen LogP contribution in [0.5, 0.6) is 0 Å². The minimum Gasteiger partial charge on any atom is -0.480 e. The number of amides is 1. The van der Waals surface area contributed by atoms with E-state index in [1.807, 2.05) is 72.3 Å². The lowest BCUT2D eigenvalue weighted by atomic mass is 9.98. The summed E-state index contributed by atoms with van der Waals surface area (Å²) in [5, 5.41) is 13.5. The van der Waals surface area contributed by atoms with E-state index >= 15 is 0 Å². The molecule has 1 aliphatic carbocycles. The number of aliphatic carboxylic acids is 1. The van der Waals surface area contributed by atoms with Crippen molar-refractivity contribution in [2.75, 3.05) is 6.61 Å². The first-order chi connectivity index (χ1) is 19.4. The van der Waals surface area contributed by atoms with E-state index in [1.54, 1.807) is 12.1 Å². The molecule has 200 valence electrons. The minimum atomic E-state index is -1.24. The molecule has 0 radical (unpaired) electrons. The van der Waals surface area contributed by atoms with Gasteiger partial charge in [0.15, 0.2) is 0 Å². The fourth-order valence-corrected chi connectivity index (χ4v) is 5.80. The van der Waals surface area contributed by atoms with Crippen LogP contribution in [0.3, 0.4) is 0 Å².